The van der Waals surface area contributed by atoms with Crippen molar-refractivity contribution in [3.63, 3.8) is 0 Å². The van der Waals surface area contributed by atoms with Gasteiger partial charge in [-0.2, -0.15) is 0 Å². The Morgan fingerprint density at radius 2 is 1.95 bits per heavy atom. The van der Waals surface area contributed by atoms with Crippen molar-refractivity contribution in [3.8, 4) is 5.75 Å². The van der Waals surface area contributed by atoms with E-state index in [4.69, 9.17) is 4.74 Å². The summed E-state index contributed by atoms with van der Waals surface area (Å²) >= 11 is 0. The molecule has 1 N–H and O–H groups in total. The first-order valence-corrected chi connectivity index (χ1v) is 6.73. The number of aromatic nitrogens is 2. The van der Waals surface area contributed by atoms with E-state index in [-0.39, 0.29) is 5.69 Å². The van der Waals surface area contributed by atoms with E-state index in [0.29, 0.717) is 0 Å². The highest BCUT2D eigenvalue weighted by atomic mass is 16.5. The molecule has 0 bridgehead atoms. The molecule has 19 heavy (non-hydrogen) atoms. The summed E-state index contributed by atoms with van der Waals surface area (Å²) in [5, 5.41) is 0. The molecule has 0 atom stereocenters. The Hall–Kier alpha value is -1.91. The molecular formula is C14H19N3O2. The van der Waals surface area contributed by atoms with Crippen molar-refractivity contribution in [1.82, 2.24) is 9.55 Å². The molecule has 3 rings (SSSR count). The second kappa shape index (κ2) is 4.64. The van der Waals surface area contributed by atoms with Crippen molar-refractivity contribution >= 4 is 16.7 Å². The Balaban J connectivity index is 2.25. The van der Waals surface area contributed by atoms with Crippen molar-refractivity contribution in [3.05, 3.63) is 22.6 Å². The maximum absolute atomic E-state index is 11.8. The summed E-state index contributed by atoms with van der Waals surface area (Å²) in [6.07, 6.45) is 3.66. The quantitative estimate of drug-likeness (QED) is 0.897. The van der Waals surface area contributed by atoms with Gasteiger partial charge in [-0.3, -0.25) is 4.57 Å². The van der Waals surface area contributed by atoms with Crippen molar-refractivity contribution in [2.24, 2.45) is 7.05 Å². The molecule has 1 aromatic heterocycles. The molecular weight excluding hydrogens is 242 g/mol. The summed E-state index contributed by atoms with van der Waals surface area (Å²) in [4.78, 5) is 17.0. The van der Waals surface area contributed by atoms with Crippen LogP contribution in [0.4, 0.5) is 5.69 Å². The molecule has 0 saturated carbocycles. The molecule has 1 aromatic carbocycles. The van der Waals surface area contributed by atoms with Gasteiger partial charge in [0.1, 0.15) is 11.4 Å². The predicted octanol–water partition coefficient (Wildman–Crippen LogP) is 1.87. The number of methoxy groups -OCH3 is 1. The van der Waals surface area contributed by atoms with Crippen LogP contribution in [0.5, 0.6) is 5.75 Å². The maximum atomic E-state index is 11.8. The van der Waals surface area contributed by atoms with E-state index < -0.39 is 0 Å². The van der Waals surface area contributed by atoms with Gasteiger partial charge in [0.2, 0.25) is 0 Å². The number of benzene rings is 1. The lowest BCUT2D eigenvalue weighted by molar-refractivity contribution is 0.413. The molecule has 0 amide bonds. The number of nitrogens with zero attached hydrogens (tertiary/aromatic N) is 2. The first kappa shape index (κ1) is 12.1. The molecule has 1 fully saturated rings. The number of anilines is 1. The topological polar surface area (TPSA) is 50.3 Å². The van der Waals surface area contributed by atoms with E-state index in [1.165, 1.54) is 19.3 Å². The minimum absolute atomic E-state index is 0.0819. The molecule has 1 aliphatic heterocycles. The Labute approximate surface area is 111 Å². The Morgan fingerprint density at radius 1 is 1.21 bits per heavy atom. The van der Waals surface area contributed by atoms with Gasteiger partial charge < -0.3 is 14.6 Å². The summed E-state index contributed by atoms with van der Waals surface area (Å²) in [6, 6.07) is 3.84. The summed E-state index contributed by atoms with van der Waals surface area (Å²) in [7, 11) is 3.48. The molecule has 0 aliphatic carbocycles. The molecule has 102 valence electrons. The third-order valence-electron chi connectivity index (χ3n) is 3.89. The number of H-pyrrole nitrogens is 1. The van der Waals surface area contributed by atoms with Crippen molar-refractivity contribution in [2.45, 2.75) is 19.3 Å². The number of imidazole rings is 1. The van der Waals surface area contributed by atoms with Crippen LogP contribution in [0.15, 0.2) is 16.9 Å². The number of hydrogen-bond donors (Lipinski definition) is 1. The third kappa shape index (κ3) is 1.89. The van der Waals surface area contributed by atoms with Crippen LogP contribution >= 0.6 is 0 Å². The van der Waals surface area contributed by atoms with Gasteiger partial charge in [0.05, 0.1) is 18.1 Å². The second-order valence-corrected chi connectivity index (χ2v) is 5.05. The number of ether oxygens (including phenoxy) is 1. The summed E-state index contributed by atoms with van der Waals surface area (Å²) in [6.45, 7) is 2.05. The lowest BCUT2D eigenvalue weighted by Crippen LogP contribution is -2.30. The van der Waals surface area contributed by atoms with E-state index in [9.17, 15) is 4.79 Å². The number of hydrogen-bond acceptors (Lipinski definition) is 3. The zero-order valence-corrected chi connectivity index (χ0v) is 11.4. The van der Waals surface area contributed by atoms with E-state index in [1.54, 1.807) is 18.7 Å². The molecule has 0 spiro atoms. The minimum atomic E-state index is -0.0819. The fraction of sp³-hybridized carbons (Fsp3) is 0.500. The van der Waals surface area contributed by atoms with Crippen LogP contribution in [0.3, 0.4) is 0 Å². The van der Waals surface area contributed by atoms with E-state index >= 15 is 0 Å². The standard InChI is InChI=1S/C14H19N3O2/c1-16-12-10(15-14(16)18)6-7-11(19-2)13(12)17-8-4-3-5-9-17/h6-7H,3-5,8-9H2,1-2H3,(H,15,18). The minimum Gasteiger partial charge on any atom is -0.494 e. The van der Waals surface area contributed by atoms with Crippen molar-refractivity contribution in [2.75, 3.05) is 25.1 Å². The highest BCUT2D eigenvalue weighted by Gasteiger charge is 2.21. The van der Waals surface area contributed by atoms with Crippen molar-refractivity contribution in [1.29, 1.82) is 0 Å². The van der Waals surface area contributed by atoms with E-state index in [0.717, 1.165) is 35.6 Å². The molecule has 5 heteroatoms. The highest BCUT2D eigenvalue weighted by molar-refractivity contribution is 5.93. The molecule has 2 aromatic rings. The summed E-state index contributed by atoms with van der Waals surface area (Å²) < 4.78 is 7.17. The van der Waals surface area contributed by atoms with Gasteiger partial charge in [-0.1, -0.05) is 0 Å². The normalized spacial score (nSPS) is 16.0. The van der Waals surface area contributed by atoms with Crippen molar-refractivity contribution < 1.29 is 4.74 Å². The number of fused-ring (bicyclic) bond motifs is 1. The average molecular weight is 261 g/mol. The molecule has 1 saturated heterocycles. The van der Waals surface area contributed by atoms with E-state index in [1.807, 2.05) is 12.1 Å². The number of aromatic amines is 1. The van der Waals surface area contributed by atoms with Crippen LogP contribution in [-0.2, 0) is 7.05 Å². The monoisotopic (exact) mass is 261 g/mol. The number of rotatable bonds is 2. The van der Waals surface area contributed by atoms with Crippen LogP contribution in [0.1, 0.15) is 19.3 Å². The summed E-state index contributed by atoms with van der Waals surface area (Å²) in [5.74, 6) is 0.837. The van der Waals surface area contributed by atoms with Gasteiger partial charge in [0, 0.05) is 20.1 Å². The molecule has 1 aliphatic rings. The average Bonchev–Trinajstić information content (AvgIpc) is 2.74. The van der Waals surface area contributed by atoms with E-state index in [2.05, 4.69) is 9.88 Å². The Morgan fingerprint density at radius 3 is 2.63 bits per heavy atom. The largest absolute Gasteiger partial charge is 0.494 e. The Kier molecular flexibility index (Phi) is 2.97. The number of aryl methyl sites for hydroxylation is 1. The van der Waals surface area contributed by atoms with Crippen LogP contribution in [0, 0.1) is 0 Å². The van der Waals surface area contributed by atoms with Crippen LogP contribution < -0.4 is 15.3 Å². The van der Waals surface area contributed by atoms with Gasteiger partial charge in [-0.15, -0.1) is 0 Å². The van der Waals surface area contributed by atoms with Gasteiger partial charge in [-0.05, 0) is 31.4 Å². The lowest BCUT2D eigenvalue weighted by atomic mass is 10.1. The highest BCUT2D eigenvalue weighted by Crippen LogP contribution is 2.36. The molecule has 2 heterocycles. The second-order valence-electron chi connectivity index (χ2n) is 5.05. The number of piperidine rings is 1. The van der Waals surface area contributed by atoms with Gasteiger partial charge >= 0.3 is 5.69 Å². The summed E-state index contributed by atoms with van der Waals surface area (Å²) in [5.41, 5.74) is 2.77. The first-order valence-electron chi connectivity index (χ1n) is 6.73. The zero-order valence-electron chi connectivity index (χ0n) is 11.4. The molecule has 5 nitrogen and oxygen atoms in total. The third-order valence-corrected chi connectivity index (χ3v) is 3.89. The predicted molar refractivity (Wildman–Crippen MR) is 76.2 cm³/mol. The fourth-order valence-electron chi connectivity index (χ4n) is 2.89. The van der Waals surface area contributed by atoms with Gasteiger partial charge in [0.25, 0.3) is 0 Å². The first-order chi connectivity index (χ1) is 9.22. The van der Waals surface area contributed by atoms with Crippen LogP contribution in [0.2, 0.25) is 0 Å². The Bertz CT molecular complexity index is 650. The smallest absolute Gasteiger partial charge is 0.326 e. The fourth-order valence-corrected chi connectivity index (χ4v) is 2.89. The zero-order chi connectivity index (χ0) is 13.4. The molecule has 0 unspecified atom stereocenters. The van der Waals surface area contributed by atoms with Crippen LogP contribution in [0.25, 0.3) is 11.0 Å². The maximum Gasteiger partial charge on any atom is 0.326 e. The molecule has 0 radical (unpaired) electrons. The SMILES string of the molecule is COc1ccc2[nH]c(=O)n(C)c2c1N1CCCCC1. The van der Waals surface area contributed by atoms with Crippen LogP contribution in [-0.4, -0.2) is 29.8 Å². The number of nitrogens with one attached hydrogen (secondary N) is 1. The lowest BCUT2D eigenvalue weighted by Gasteiger charge is -2.30. The van der Waals surface area contributed by atoms with Gasteiger partial charge in [0.15, 0.2) is 0 Å². The van der Waals surface area contributed by atoms with Gasteiger partial charge in [-0.25, -0.2) is 4.79 Å².